The maximum atomic E-state index is 15.9. The summed E-state index contributed by atoms with van der Waals surface area (Å²) in [4.78, 5) is 0. The topological polar surface area (TPSA) is 0 Å². The van der Waals surface area contributed by atoms with Gasteiger partial charge in [0.15, 0.2) is 5.67 Å². The highest BCUT2D eigenvalue weighted by Gasteiger charge is 2.32. The average molecular weight is 338 g/mol. The molecule has 2 heteroatoms. The Morgan fingerprint density at radius 1 is 1.04 bits per heavy atom. The number of alkyl halides is 1. The van der Waals surface area contributed by atoms with E-state index in [-0.39, 0.29) is 5.82 Å². The Balaban J connectivity index is 1.97. The molecule has 0 radical (unpaired) electrons. The largest absolute Gasteiger partial charge is 0.234 e. The molecule has 0 N–H and O–H groups in total. The molecular weight excluding hydrogens is 314 g/mol. The molecule has 0 saturated carbocycles. The number of allylic oxidation sites excluding steroid dienone is 4. The first kappa shape index (κ1) is 17.6. The van der Waals surface area contributed by atoms with Crippen LogP contribution in [0.1, 0.15) is 44.6 Å². The van der Waals surface area contributed by atoms with Crippen LogP contribution in [-0.4, -0.2) is 0 Å². The SMILES string of the molecule is CCCCCC1=CC(F)(c2ccccc2-c2cccc(F)c2)CC=C1. The Hall–Kier alpha value is -2.22. The average Bonchev–Trinajstić information content (AvgIpc) is 2.62. The number of benzene rings is 2. The van der Waals surface area contributed by atoms with Gasteiger partial charge in [0.05, 0.1) is 0 Å². The van der Waals surface area contributed by atoms with Gasteiger partial charge in [0, 0.05) is 12.0 Å². The summed E-state index contributed by atoms with van der Waals surface area (Å²) in [6.07, 6.45) is 10.3. The molecule has 0 fully saturated rings. The molecule has 2 aromatic carbocycles. The third kappa shape index (κ3) is 4.07. The summed E-state index contributed by atoms with van der Waals surface area (Å²) in [5.41, 5.74) is 1.58. The molecule has 0 heterocycles. The van der Waals surface area contributed by atoms with Crippen molar-refractivity contribution in [3.8, 4) is 11.1 Å². The minimum Gasteiger partial charge on any atom is -0.234 e. The van der Waals surface area contributed by atoms with Gasteiger partial charge >= 0.3 is 0 Å². The molecule has 25 heavy (non-hydrogen) atoms. The molecule has 0 aliphatic heterocycles. The lowest BCUT2D eigenvalue weighted by atomic mass is 9.82. The van der Waals surface area contributed by atoms with E-state index in [1.54, 1.807) is 12.1 Å². The Morgan fingerprint density at radius 3 is 2.68 bits per heavy atom. The lowest BCUT2D eigenvalue weighted by Gasteiger charge is -2.27. The molecule has 1 atom stereocenters. The second-order valence-electron chi connectivity index (χ2n) is 6.70. The first-order chi connectivity index (χ1) is 12.1. The van der Waals surface area contributed by atoms with Crippen LogP contribution in [0.4, 0.5) is 8.78 Å². The zero-order valence-electron chi connectivity index (χ0n) is 14.6. The number of halogens is 2. The monoisotopic (exact) mass is 338 g/mol. The van der Waals surface area contributed by atoms with Gasteiger partial charge in [-0.3, -0.25) is 0 Å². The Kier molecular flexibility index (Phi) is 5.47. The van der Waals surface area contributed by atoms with Crippen molar-refractivity contribution in [2.45, 2.75) is 44.7 Å². The van der Waals surface area contributed by atoms with Gasteiger partial charge < -0.3 is 0 Å². The summed E-state index contributed by atoms with van der Waals surface area (Å²) in [5, 5.41) is 0. The lowest BCUT2D eigenvalue weighted by Crippen LogP contribution is -2.20. The maximum Gasteiger partial charge on any atom is 0.158 e. The van der Waals surface area contributed by atoms with Crippen LogP contribution < -0.4 is 0 Å². The normalized spacial score (nSPS) is 19.7. The smallest absolute Gasteiger partial charge is 0.158 e. The predicted molar refractivity (Wildman–Crippen MR) is 101 cm³/mol. The molecule has 0 aromatic heterocycles. The maximum absolute atomic E-state index is 15.9. The summed E-state index contributed by atoms with van der Waals surface area (Å²) in [6, 6.07) is 13.8. The molecule has 0 saturated heterocycles. The number of unbranched alkanes of at least 4 members (excludes halogenated alkanes) is 2. The van der Waals surface area contributed by atoms with Gasteiger partial charge in [0.1, 0.15) is 5.82 Å². The Morgan fingerprint density at radius 2 is 1.88 bits per heavy atom. The molecule has 2 aromatic rings. The highest BCUT2D eigenvalue weighted by molar-refractivity contribution is 5.69. The lowest BCUT2D eigenvalue weighted by molar-refractivity contribution is 0.234. The first-order valence-electron chi connectivity index (χ1n) is 9.05. The molecular formula is C23H24F2. The van der Waals surface area contributed by atoms with Gasteiger partial charge in [-0.25, -0.2) is 8.78 Å². The quantitative estimate of drug-likeness (QED) is 0.492. The van der Waals surface area contributed by atoms with Crippen LogP contribution in [0.2, 0.25) is 0 Å². The summed E-state index contributed by atoms with van der Waals surface area (Å²) >= 11 is 0. The van der Waals surface area contributed by atoms with Crippen molar-refractivity contribution in [3.05, 3.63) is 83.7 Å². The van der Waals surface area contributed by atoms with E-state index in [2.05, 4.69) is 6.92 Å². The summed E-state index contributed by atoms with van der Waals surface area (Å²) < 4.78 is 29.5. The van der Waals surface area contributed by atoms with E-state index in [1.165, 1.54) is 12.1 Å². The molecule has 1 unspecified atom stereocenters. The zero-order valence-corrected chi connectivity index (χ0v) is 14.6. The summed E-state index contributed by atoms with van der Waals surface area (Å²) in [6.45, 7) is 2.17. The molecule has 1 aliphatic carbocycles. The fourth-order valence-electron chi connectivity index (χ4n) is 3.46. The predicted octanol–water partition coefficient (Wildman–Crippen LogP) is 7.12. The van der Waals surface area contributed by atoms with Crippen LogP contribution in [-0.2, 0) is 5.67 Å². The zero-order chi connectivity index (χ0) is 17.7. The van der Waals surface area contributed by atoms with E-state index >= 15 is 4.39 Å². The van der Waals surface area contributed by atoms with E-state index in [9.17, 15) is 4.39 Å². The van der Waals surface area contributed by atoms with Crippen molar-refractivity contribution >= 4 is 0 Å². The van der Waals surface area contributed by atoms with E-state index < -0.39 is 5.67 Å². The van der Waals surface area contributed by atoms with E-state index in [4.69, 9.17) is 0 Å². The van der Waals surface area contributed by atoms with E-state index in [1.807, 2.05) is 42.5 Å². The fraction of sp³-hybridized carbons (Fsp3) is 0.304. The molecule has 0 bridgehead atoms. The molecule has 3 rings (SSSR count). The van der Waals surface area contributed by atoms with Gasteiger partial charge in [-0.15, -0.1) is 0 Å². The van der Waals surface area contributed by atoms with Crippen LogP contribution in [0, 0.1) is 5.82 Å². The minimum absolute atomic E-state index is 0.306. The first-order valence-corrected chi connectivity index (χ1v) is 9.05. The molecule has 0 nitrogen and oxygen atoms in total. The van der Waals surface area contributed by atoms with Gasteiger partial charge in [0.2, 0.25) is 0 Å². The fourth-order valence-corrected chi connectivity index (χ4v) is 3.46. The van der Waals surface area contributed by atoms with Crippen LogP contribution in [0.3, 0.4) is 0 Å². The van der Waals surface area contributed by atoms with Crippen molar-refractivity contribution < 1.29 is 8.78 Å². The number of hydrogen-bond donors (Lipinski definition) is 0. The second kappa shape index (κ2) is 7.77. The van der Waals surface area contributed by atoms with Gasteiger partial charge in [0.25, 0.3) is 0 Å². The summed E-state index contributed by atoms with van der Waals surface area (Å²) in [5.74, 6) is -0.306. The van der Waals surface area contributed by atoms with Crippen molar-refractivity contribution in [1.82, 2.24) is 0 Å². The molecule has 0 amide bonds. The van der Waals surface area contributed by atoms with E-state index in [0.29, 0.717) is 17.5 Å². The highest BCUT2D eigenvalue weighted by Crippen LogP contribution is 2.41. The van der Waals surface area contributed by atoms with Crippen molar-refractivity contribution in [1.29, 1.82) is 0 Å². The summed E-state index contributed by atoms with van der Waals surface area (Å²) in [7, 11) is 0. The van der Waals surface area contributed by atoms with Gasteiger partial charge in [-0.2, -0.15) is 0 Å². The number of rotatable bonds is 6. The third-order valence-electron chi connectivity index (χ3n) is 4.74. The van der Waals surface area contributed by atoms with Crippen molar-refractivity contribution in [2.24, 2.45) is 0 Å². The Bertz CT molecular complexity index is 788. The number of hydrogen-bond acceptors (Lipinski definition) is 0. The second-order valence-corrected chi connectivity index (χ2v) is 6.70. The van der Waals surface area contributed by atoms with Gasteiger partial charge in [-0.05, 0) is 47.8 Å². The molecule has 0 spiro atoms. The van der Waals surface area contributed by atoms with Crippen LogP contribution in [0.15, 0.2) is 72.3 Å². The standard InChI is InChI=1S/C23H24F2/c1-2-3-4-9-18-10-8-15-23(25,17-18)22-14-6-5-13-21(22)19-11-7-12-20(24)16-19/h5-8,10-14,16-17H,2-4,9,15H2,1H3. The van der Waals surface area contributed by atoms with Crippen LogP contribution >= 0.6 is 0 Å². The van der Waals surface area contributed by atoms with Crippen molar-refractivity contribution in [3.63, 3.8) is 0 Å². The minimum atomic E-state index is -1.54. The van der Waals surface area contributed by atoms with E-state index in [0.717, 1.165) is 36.8 Å². The van der Waals surface area contributed by atoms with Crippen molar-refractivity contribution in [2.75, 3.05) is 0 Å². The molecule has 130 valence electrons. The third-order valence-corrected chi connectivity index (χ3v) is 4.74. The van der Waals surface area contributed by atoms with Crippen LogP contribution in [0.25, 0.3) is 11.1 Å². The molecule has 1 aliphatic rings. The highest BCUT2D eigenvalue weighted by atomic mass is 19.1. The van der Waals surface area contributed by atoms with Crippen LogP contribution in [0.5, 0.6) is 0 Å². The Labute approximate surface area is 148 Å². The van der Waals surface area contributed by atoms with Gasteiger partial charge in [-0.1, -0.05) is 68.3 Å².